The second-order valence-electron chi connectivity index (χ2n) is 6.55. The third-order valence-electron chi connectivity index (χ3n) is 5.03. The number of nitriles is 1. The zero-order valence-corrected chi connectivity index (χ0v) is 13.6. The number of amides is 1. The topological polar surface area (TPSA) is 47.3 Å². The first-order valence-electron chi connectivity index (χ1n) is 8.31. The summed E-state index contributed by atoms with van der Waals surface area (Å²) >= 11 is 0. The third kappa shape index (κ3) is 2.29. The first kappa shape index (κ1) is 14.9. The minimum Gasteiger partial charge on any atom is -0.269 e. The van der Waals surface area contributed by atoms with Crippen LogP contribution in [0.5, 0.6) is 0 Å². The summed E-state index contributed by atoms with van der Waals surface area (Å²) in [6, 6.07) is 18.1. The smallest absolute Gasteiger partial charge is 0.268 e. The van der Waals surface area contributed by atoms with Crippen molar-refractivity contribution < 1.29 is 4.79 Å². The van der Waals surface area contributed by atoms with E-state index in [-0.39, 0.29) is 17.9 Å². The van der Waals surface area contributed by atoms with Crippen molar-refractivity contribution in [1.29, 1.82) is 5.26 Å². The third-order valence-corrected chi connectivity index (χ3v) is 5.03. The highest BCUT2D eigenvalue weighted by molar-refractivity contribution is 5.94. The maximum absolute atomic E-state index is 12.9. The zero-order chi connectivity index (χ0) is 16.7. The van der Waals surface area contributed by atoms with E-state index in [1.807, 2.05) is 30.3 Å². The summed E-state index contributed by atoms with van der Waals surface area (Å²) in [7, 11) is 0. The highest BCUT2D eigenvalue weighted by Crippen LogP contribution is 2.42. The standard InChI is InChI=1S/C20H19N3O/c1-14-7-8-18-16(11-14)9-10-22-19(18)17(12-21)13-23(22)20(24)15-5-3-2-4-6-15/h2-8,11,17,19H,9-10,13H2,1H3/t17-,19-/m1/s1. The molecule has 0 bridgehead atoms. The lowest BCUT2D eigenvalue weighted by Crippen LogP contribution is -2.45. The molecule has 0 saturated carbocycles. The number of fused-ring (bicyclic) bond motifs is 3. The van der Waals surface area contributed by atoms with Crippen molar-refractivity contribution >= 4 is 5.91 Å². The fraction of sp³-hybridized carbons (Fsp3) is 0.300. The molecule has 1 fully saturated rings. The summed E-state index contributed by atoms with van der Waals surface area (Å²) in [5, 5.41) is 13.5. The van der Waals surface area contributed by atoms with Crippen LogP contribution in [0.15, 0.2) is 48.5 Å². The van der Waals surface area contributed by atoms with Crippen molar-refractivity contribution in [2.24, 2.45) is 5.92 Å². The van der Waals surface area contributed by atoms with E-state index in [1.54, 1.807) is 5.01 Å². The Balaban J connectivity index is 1.71. The Labute approximate surface area is 141 Å². The molecule has 2 aromatic rings. The lowest BCUT2D eigenvalue weighted by Gasteiger charge is -2.37. The van der Waals surface area contributed by atoms with E-state index in [0.717, 1.165) is 13.0 Å². The van der Waals surface area contributed by atoms with Gasteiger partial charge in [-0.3, -0.25) is 9.80 Å². The molecule has 4 nitrogen and oxygen atoms in total. The average molecular weight is 317 g/mol. The summed E-state index contributed by atoms with van der Waals surface area (Å²) in [5.41, 5.74) is 4.42. The van der Waals surface area contributed by atoms with Gasteiger partial charge in [-0.2, -0.15) is 5.26 Å². The minimum absolute atomic E-state index is 0.0195. The molecule has 120 valence electrons. The molecule has 2 aliphatic heterocycles. The van der Waals surface area contributed by atoms with Gasteiger partial charge in [0.25, 0.3) is 5.91 Å². The largest absolute Gasteiger partial charge is 0.269 e. The number of hydrogen-bond donors (Lipinski definition) is 0. The molecule has 24 heavy (non-hydrogen) atoms. The Hall–Kier alpha value is -2.64. The van der Waals surface area contributed by atoms with Crippen LogP contribution in [0.1, 0.15) is 33.1 Å². The normalized spacial score (nSPS) is 22.6. The maximum atomic E-state index is 12.9. The van der Waals surface area contributed by atoms with E-state index < -0.39 is 0 Å². The quantitative estimate of drug-likeness (QED) is 0.812. The molecule has 0 radical (unpaired) electrons. The molecule has 2 aliphatic rings. The molecular formula is C20H19N3O. The van der Waals surface area contributed by atoms with Gasteiger partial charge in [0.1, 0.15) is 0 Å². The van der Waals surface area contributed by atoms with E-state index in [4.69, 9.17) is 0 Å². The average Bonchev–Trinajstić information content (AvgIpc) is 3.00. The van der Waals surface area contributed by atoms with Crippen LogP contribution in [0.25, 0.3) is 0 Å². The van der Waals surface area contributed by atoms with Gasteiger partial charge in [-0.1, -0.05) is 42.0 Å². The summed E-state index contributed by atoms with van der Waals surface area (Å²) in [4.78, 5) is 12.9. The van der Waals surface area contributed by atoms with Gasteiger partial charge in [0.15, 0.2) is 0 Å². The van der Waals surface area contributed by atoms with Crippen LogP contribution in [0.2, 0.25) is 0 Å². The van der Waals surface area contributed by atoms with Crippen LogP contribution < -0.4 is 0 Å². The monoisotopic (exact) mass is 317 g/mol. The van der Waals surface area contributed by atoms with Gasteiger partial charge in [0.05, 0.1) is 24.6 Å². The molecule has 4 heteroatoms. The molecular weight excluding hydrogens is 298 g/mol. The first-order chi connectivity index (χ1) is 11.7. The number of carbonyl (C=O) groups excluding carboxylic acids is 1. The number of hydrazine groups is 1. The molecule has 0 aliphatic carbocycles. The predicted molar refractivity (Wildman–Crippen MR) is 90.9 cm³/mol. The van der Waals surface area contributed by atoms with Gasteiger partial charge in [-0.15, -0.1) is 0 Å². The lowest BCUT2D eigenvalue weighted by atomic mass is 9.87. The van der Waals surface area contributed by atoms with Gasteiger partial charge in [-0.25, -0.2) is 5.01 Å². The summed E-state index contributed by atoms with van der Waals surface area (Å²) in [6.45, 7) is 3.33. The van der Waals surface area contributed by atoms with Crippen LogP contribution in [0.4, 0.5) is 0 Å². The van der Waals surface area contributed by atoms with Crippen molar-refractivity contribution in [3.63, 3.8) is 0 Å². The van der Waals surface area contributed by atoms with Crippen LogP contribution >= 0.6 is 0 Å². The van der Waals surface area contributed by atoms with Crippen molar-refractivity contribution in [2.45, 2.75) is 19.4 Å². The maximum Gasteiger partial charge on any atom is 0.268 e. The molecule has 1 saturated heterocycles. The second-order valence-corrected chi connectivity index (χ2v) is 6.55. The van der Waals surface area contributed by atoms with Gasteiger partial charge >= 0.3 is 0 Å². The van der Waals surface area contributed by atoms with E-state index in [1.165, 1.54) is 16.7 Å². The number of rotatable bonds is 1. The minimum atomic E-state index is -0.195. The predicted octanol–water partition coefficient (Wildman–Crippen LogP) is 3.11. The number of nitrogens with zero attached hydrogens (tertiary/aromatic N) is 3. The van der Waals surface area contributed by atoms with Crippen LogP contribution in [0.3, 0.4) is 0 Å². The first-order valence-corrected chi connectivity index (χ1v) is 8.31. The Morgan fingerprint density at radius 1 is 1.21 bits per heavy atom. The molecule has 2 heterocycles. The number of carbonyl (C=O) groups is 1. The van der Waals surface area contributed by atoms with Gasteiger partial charge in [0, 0.05) is 12.1 Å². The fourth-order valence-corrected chi connectivity index (χ4v) is 3.90. The van der Waals surface area contributed by atoms with E-state index >= 15 is 0 Å². The van der Waals surface area contributed by atoms with Gasteiger partial charge < -0.3 is 0 Å². The van der Waals surface area contributed by atoms with Crippen molar-refractivity contribution in [2.75, 3.05) is 13.1 Å². The van der Waals surface area contributed by atoms with Crippen LogP contribution in [-0.4, -0.2) is 29.0 Å². The highest BCUT2D eigenvalue weighted by Gasteiger charge is 2.45. The molecule has 0 aromatic heterocycles. The van der Waals surface area contributed by atoms with Crippen molar-refractivity contribution in [1.82, 2.24) is 10.0 Å². The molecule has 1 amide bonds. The zero-order valence-electron chi connectivity index (χ0n) is 13.6. The molecule has 0 N–H and O–H groups in total. The Morgan fingerprint density at radius 3 is 2.75 bits per heavy atom. The Kier molecular flexibility index (Phi) is 3.59. The molecule has 0 unspecified atom stereocenters. The fourth-order valence-electron chi connectivity index (χ4n) is 3.90. The van der Waals surface area contributed by atoms with Crippen LogP contribution in [0, 0.1) is 24.2 Å². The summed E-state index contributed by atoms with van der Waals surface area (Å²) in [5.74, 6) is -0.215. The molecule has 2 aromatic carbocycles. The Morgan fingerprint density at radius 2 is 2.00 bits per heavy atom. The molecule has 4 rings (SSSR count). The van der Waals surface area contributed by atoms with E-state index in [0.29, 0.717) is 12.1 Å². The summed E-state index contributed by atoms with van der Waals surface area (Å²) in [6.07, 6.45) is 0.907. The molecule has 2 atom stereocenters. The number of hydrogen-bond acceptors (Lipinski definition) is 3. The highest BCUT2D eigenvalue weighted by atomic mass is 16.2. The van der Waals surface area contributed by atoms with Gasteiger partial charge in [0.2, 0.25) is 0 Å². The lowest BCUT2D eigenvalue weighted by molar-refractivity contribution is -0.000477. The van der Waals surface area contributed by atoms with Gasteiger partial charge in [-0.05, 0) is 36.6 Å². The van der Waals surface area contributed by atoms with Crippen LogP contribution in [-0.2, 0) is 6.42 Å². The van der Waals surface area contributed by atoms with Crippen molar-refractivity contribution in [3.05, 3.63) is 70.8 Å². The second kappa shape index (κ2) is 5.77. The van der Waals surface area contributed by atoms with E-state index in [9.17, 15) is 10.1 Å². The Bertz CT molecular complexity index is 825. The SMILES string of the molecule is Cc1ccc2c(c1)CCN1[C@@H]2[C@H](C#N)CN1C(=O)c1ccccc1. The summed E-state index contributed by atoms with van der Waals surface area (Å²) < 4.78 is 0. The molecule has 0 spiro atoms. The number of benzene rings is 2. The van der Waals surface area contributed by atoms with E-state index in [2.05, 4.69) is 36.2 Å². The van der Waals surface area contributed by atoms with Crippen molar-refractivity contribution in [3.8, 4) is 6.07 Å². The number of aryl methyl sites for hydroxylation is 1.